The van der Waals surface area contributed by atoms with Gasteiger partial charge in [-0.2, -0.15) is 0 Å². The number of hydrogen-bond acceptors (Lipinski definition) is 7. The van der Waals surface area contributed by atoms with Gasteiger partial charge in [0, 0.05) is 19.6 Å². The van der Waals surface area contributed by atoms with E-state index < -0.39 is 42.5 Å². The van der Waals surface area contributed by atoms with Crippen LogP contribution in [0.25, 0.3) is 0 Å². The van der Waals surface area contributed by atoms with Crippen LogP contribution in [0, 0.1) is 0 Å². The highest BCUT2D eigenvalue weighted by atomic mass is 19.3. The molecule has 7 atom stereocenters. The van der Waals surface area contributed by atoms with Gasteiger partial charge in [-0.05, 0) is 19.8 Å². The van der Waals surface area contributed by atoms with E-state index in [9.17, 15) is 19.0 Å². The molecule has 9 heteroatoms. The van der Waals surface area contributed by atoms with E-state index in [1.807, 2.05) is 0 Å². The summed E-state index contributed by atoms with van der Waals surface area (Å²) in [6.07, 6.45) is -3.83. The van der Waals surface area contributed by atoms with E-state index in [-0.39, 0.29) is 19.2 Å². The predicted octanol–water partition coefficient (Wildman–Crippen LogP) is -1.45. The summed E-state index contributed by atoms with van der Waals surface area (Å²) in [5.41, 5.74) is 10.9. The van der Waals surface area contributed by atoms with Crippen LogP contribution >= 0.6 is 0 Å². The van der Waals surface area contributed by atoms with Gasteiger partial charge in [0.25, 0.3) is 5.92 Å². The number of nitrogens with one attached hydrogen (secondary N) is 1. The molecule has 2 aliphatic heterocycles. The average Bonchev–Trinajstić information content (AvgIpc) is 2.52. The van der Waals surface area contributed by atoms with Crippen molar-refractivity contribution in [2.75, 3.05) is 19.6 Å². The van der Waals surface area contributed by atoms with Gasteiger partial charge in [-0.1, -0.05) is 0 Å². The zero-order valence-electron chi connectivity index (χ0n) is 13.2. The first-order valence-corrected chi connectivity index (χ1v) is 7.98. The summed E-state index contributed by atoms with van der Waals surface area (Å²) in [5.74, 6) is -3.41. The van der Waals surface area contributed by atoms with Crippen LogP contribution in [0.15, 0.2) is 0 Å². The second-order valence-corrected chi connectivity index (χ2v) is 6.36. The fraction of sp³-hybridized carbons (Fsp3) is 1.00. The SMILES string of the molecule is C[C@H]1OC(CNC[C@H]2OC(CN)CCC2O)C(O)C(F)(F)C1N. The molecular formula is C14H27F2N3O4. The summed E-state index contributed by atoms with van der Waals surface area (Å²) in [4.78, 5) is 0. The monoisotopic (exact) mass is 339 g/mol. The smallest absolute Gasteiger partial charge is 0.293 e. The Balaban J connectivity index is 1.83. The Labute approximate surface area is 134 Å². The molecule has 136 valence electrons. The maximum Gasteiger partial charge on any atom is 0.293 e. The van der Waals surface area contributed by atoms with Crippen molar-refractivity contribution in [1.82, 2.24) is 5.32 Å². The van der Waals surface area contributed by atoms with E-state index in [0.717, 1.165) is 0 Å². The second-order valence-electron chi connectivity index (χ2n) is 6.36. The number of ether oxygens (including phenoxy) is 2. The average molecular weight is 339 g/mol. The summed E-state index contributed by atoms with van der Waals surface area (Å²) >= 11 is 0. The van der Waals surface area contributed by atoms with Crippen molar-refractivity contribution in [2.45, 2.75) is 68.4 Å². The Morgan fingerprint density at radius 1 is 1.17 bits per heavy atom. The molecule has 0 bridgehead atoms. The van der Waals surface area contributed by atoms with Gasteiger partial charge in [0.2, 0.25) is 0 Å². The van der Waals surface area contributed by atoms with Gasteiger partial charge in [-0.15, -0.1) is 0 Å². The molecule has 2 saturated heterocycles. The van der Waals surface area contributed by atoms with Crippen LogP contribution in [0.3, 0.4) is 0 Å². The molecular weight excluding hydrogens is 312 g/mol. The molecule has 2 aliphatic rings. The van der Waals surface area contributed by atoms with E-state index in [2.05, 4.69) is 5.32 Å². The molecule has 2 fully saturated rings. The van der Waals surface area contributed by atoms with Gasteiger partial charge in [0.1, 0.15) is 12.2 Å². The molecule has 23 heavy (non-hydrogen) atoms. The number of aliphatic hydroxyl groups is 2. The molecule has 0 aliphatic carbocycles. The standard InChI is InChI=1S/C14H27F2N3O4/c1-7-12(18)14(15,16)13(21)11(22-7)6-19-5-10-9(20)3-2-8(4-17)23-10/h7-13,19-21H,2-6,17-18H2,1H3/t7-,8?,9?,10-,11?,12?,13?/m1/s1. The summed E-state index contributed by atoms with van der Waals surface area (Å²) in [5, 5.41) is 22.6. The van der Waals surface area contributed by atoms with Crippen molar-refractivity contribution in [1.29, 1.82) is 0 Å². The van der Waals surface area contributed by atoms with Gasteiger partial charge >= 0.3 is 0 Å². The highest BCUT2D eigenvalue weighted by molar-refractivity contribution is 4.99. The van der Waals surface area contributed by atoms with Gasteiger partial charge in [-0.25, -0.2) is 8.78 Å². The maximum absolute atomic E-state index is 13.9. The van der Waals surface area contributed by atoms with Crippen molar-refractivity contribution >= 4 is 0 Å². The Morgan fingerprint density at radius 3 is 2.48 bits per heavy atom. The molecule has 0 spiro atoms. The van der Waals surface area contributed by atoms with Crippen LogP contribution in [0.1, 0.15) is 19.8 Å². The highest BCUT2D eigenvalue weighted by Crippen LogP contribution is 2.33. The van der Waals surface area contributed by atoms with E-state index in [4.69, 9.17) is 20.9 Å². The maximum atomic E-state index is 13.9. The van der Waals surface area contributed by atoms with Gasteiger partial charge in [0.05, 0.1) is 30.5 Å². The Bertz CT molecular complexity index is 391. The minimum Gasteiger partial charge on any atom is -0.390 e. The number of hydrogen-bond donors (Lipinski definition) is 5. The number of aliphatic hydroxyl groups excluding tert-OH is 2. The van der Waals surface area contributed by atoms with Gasteiger partial charge in [-0.3, -0.25) is 0 Å². The van der Waals surface area contributed by atoms with Crippen LogP contribution in [0.4, 0.5) is 8.78 Å². The fourth-order valence-electron chi connectivity index (χ4n) is 3.03. The Hall–Kier alpha value is -0.420. The van der Waals surface area contributed by atoms with Crippen LogP contribution in [0.5, 0.6) is 0 Å². The number of halogens is 2. The Morgan fingerprint density at radius 2 is 1.83 bits per heavy atom. The zero-order valence-corrected chi connectivity index (χ0v) is 13.2. The molecule has 2 rings (SSSR count). The molecule has 0 aromatic rings. The molecule has 7 N–H and O–H groups in total. The summed E-state index contributed by atoms with van der Waals surface area (Å²) in [7, 11) is 0. The third kappa shape index (κ3) is 4.16. The third-order valence-corrected chi connectivity index (χ3v) is 4.62. The largest absolute Gasteiger partial charge is 0.390 e. The van der Waals surface area contributed by atoms with Crippen LogP contribution in [-0.2, 0) is 9.47 Å². The number of alkyl halides is 2. The van der Waals surface area contributed by atoms with Crippen LogP contribution in [0.2, 0.25) is 0 Å². The first-order valence-electron chi connectivity index (χ1n) is 7.98. The van der Waals surface area contributed by atoms with E-state index in [0.29, 0.717) is 19.4 Å². The molecule has 0 amide bonds. The van der Waals surface area contributed by atoms with E-state index >= 15 is 0 Å². The normalized spacial score (nSPS) is 44.2. The first-order chi connectivity index (χ1) is 10.8. The Kier molecular flexibility index (Phi) is 6.28. The first kappa shape index (κ1) is 18.9. The second kappa shape index (κ2) is 7.64. The topological polar surface area (TPSA) is 123 Å². The van der Waals surface area contributed by atoms with Crippen molar-refractivity contribution in [3.63, 3.8) is 0 Å². The van der Waals surface area contributed by atoms with Crippen molar-refractivity contribution in [2.24, 2.45) is 11.5 Å². The van der Waals surface area contributed by atoms with Gasteiger partial charge < -0.3 is 36.5 Å². The lowest BCUT2D eigenvalue weighted by atomic mass is 9.93. The van der Waals surface area contributed by atoms with Crippen molar-refractivity contribution < 1.29 is 28.5 Å². The fourth-order valence-corrected chi connectivity index (χ4v) is 3.03. The lowest BCUT2D eigenvalue weighted by Crippen LogP contribution is -2.66. The molecule has 0 aromatic heterocycles. The quantitative estimate of drug-likeness (QED) is 0.415. The number of rotatable bonds is 5. The third-order valence-electron chi connectivity index (χ3n) is 4.62. The minimum atomic E-state index is -3.41. The minimum absolute atomic E-state index is 0.00763. The lowest BCUT2D eigenvalue weighted by Gasteiger charge is -2.42. The molecule has 0 saturated carbocycles. The zero-order chi connectivity index (χ0) is 17.2. The summed E-state index contributed by atoms with van der Waals surface area (Å²) in [6, 6.07) is -1.54. The van der Waals surface area contributed by atoms with Crippen molar-refractivity contribution in [3.8, 4) is 0 Å². The molecule has 0 aromatic carbocycles. The molecule has 0 radical (unpaired) electrons. The highest BCUT2D eigenvalue weighted by Gasteiger charge is 2.55. The van der Waals surface area contributed by atoms with Crippen molar-refractivity contribution in [3.05, 3.63) is 0 Å². The van der Waals surface area contributed by atoms with Crippen LogP contribution in [-0.4, -0.2) is 78.4 Å². The predicted molar refractivity (Wildman–Crippen MR) is 79.1 cm³/mol. The summed E-state index contributed by atoms with van der Waals surface area (Å²) in [6.45, 7) is 2.09. The van der Waals surface area contributed by atoms with Crippen LogP contribution < -0.4 is 16.8 Å². The van der Waals surface area contributed by atoms with Gasteiger partial charge in [0.15, 0.2) is 0 Å². The summed E-state index contributed by atoms with van der Waals surface area (Å²) < 4.78 is 38.7. The lowest BCUT2D eigenvalue weighted by molar-refractivity contribution is -0.241. The van der Waals surface area contributed by atoms with E-state index in [1.54, 1.807) is 0 Å². The molecule has 2 heterocycles. The number of nitrogens with two attached hydrogens (primary N) is 2. The van der Waals surface area contributed by atoms with E-state index in [1.165, 1.54) is 6.92 Å². The molecule has 7 nitrogen and oxygen atoms in total. The molecule has 5 unspecified atom stereocenters.